The molecule has 0 amide bonds. The maximum absolute atomic E-state index is 11.4. The molecule has 0 aliphatic heterocycles. The molecule has 18 heavy (non-hydrogen) atoms. The topological polar surface area (TPSA) is 47.6 Å². The maximum atomic E-state index is 11.4. The zero-order valence-electron chi connectivity index (χ0n) is 12.0. The minimum absolute atomic E-state index is 0.147. The van der Waals surface area contributed by atoms with Crippen LogP contribution in [0.15, 0.2) is 0 Å². The number of carbonyl (C=O) groups is 1. The van der Waals surface area contributed by atoms with Gasteiger partial charge in [-0.05, 0) is 33.6 Å². The van der Waals surface area contributed by atoms with Crippen molar-refractivity contribution in [3.63, 3.8) is 0 Å². The molecule has 1 fully saturated rings. The molecule has 106 valence electrons. The summed E-state index contributed by atoms with van der Waals surface area (Å²) in [4.78, 5) is 11.4. The Balaban J connectivity index is 1.90. The Kier molecular flexibility index (Phi) is 6.65. The fraction of sp³-hybridized carbons (Fsp3) is 0.929. The van der Waals surface area contributed by atoms with Gasteiger partial charge in [0.1, 0.15) is 5.60 Å². The molecule has 1 saturated carbocycles. The highest BCUT2D eigenvalue weighted by molar-refractivity contribution is 5.70. The van der Waals surface area contributed by atoms with Crippen molar-refractivity contribution in [2.24, 2.45) is 0 Å². The van der Waals surface area contributed by atoms with Gasteiger partial charge in [0.2, 0.25) is 0 Å². The Morgan fingerprint density at radius 2 is 1.89 bits per heavy atom. The molecule has 0 heterocycles. The average Bonchev–Trinajstić information content (AvgIpc) is 2.73. The van der Waals surface area contributed by atoms with Crippen LogP contribution in [0.4, 0.5) is 0 Å². The van der Waals surface area contributed by atoms with E-state index < -0.39 is 0 Å². The van der Waals surface area contributed by atoms with Gasteiger partial charge in [-0.2, -0.15) is 0 Å². The second-order valence-corrected chi connectivity index (χ2v) is 5.86. The van der Waals surface area contributed by atoms with E-state index in [2.05, 4.69) is 5.32 Å². The van der Waals surface area contributed by atoms with E-state index in [0.29, 0.717) is 19.1 Å². The molecule has 1 rings (SSSR count). The van der Waals surface area contributed by atoms with Crippen LogP contribution in [0.25, 0.3) is 0 Å². The van der Waals surface area contributed by atoms with Crippen LogP contribution in [0.3, 0.4) is 0 Å². The van der Waals surface area contributed by atoms with Crippen LogP contribution in [-0.4, -0.2) is 37.4 Å². The van der Waals surface area contributed by atoms with E-state index in [1.54, 1.807) is 0 Å². The highest BCUT2D eigenvalue weighted by Gasteiger charge is 2.16. The van der Waals surface area contributed by atoms with Gasteiger partial charge in [0.15, 0.2) is 0 Å². The van der Waals surface area contributed by atoms with Crippen LogP contribution < -0.4 is 5.32 Å². The van der Waals surface area contributed by atoms with E-state index >= 15 is 0 Å². The number of rotatable bonds is 7. The molecule has 1 aliphatic carbocycles. The lowest BCUT2D eigenvalue weighted by molar-refractivity contribution is -0.154. The third-order valence-corrected chi connectivity index (χ3v) is 2.86. The Morgan fingerprint density at radius 1 is 1.22 bits per heavy atom. The van der Waals surface area contributed by atoms with Crippen LogP contribution in [0.2, 0.25) is 0 Å². The molecule has 0 bridgehead atoms. The molecule has 0 aromatic rings. The highest BCUT2D eigenvalue weighted by atomic mass is 16.6. The van der Waals surface area contributed by atoms with Gasteiger partial charge in [0.25, 0.3) is 0 Å². The van der Waals surface area contributed by atoms with E-state index in [0.717, 1.165) is 13.2 Å². The first-order valence-corrected chi connectivity index (χ1v) is 7.01. The van der Waals surface area contributed by atoms with Gasteiger partial charge >= 0.3 is 5.97 Å². The highest BCUT2D eigenvalue weighted by Crippen LogP contribution is 2.20. The molecule has 0 spiro atoms. The van der Waals surface area contributed by atoms with Gasteiger partial charge in [0.05, 0.1) is 19.1 Å². The van der Waals surface area contributed by atoms with Crippen molar-refractivity contribution in [2.45, 2.75) is 64.6 Å². The number of ether oxygens (including phenoxy) is 2. The minimum atomic E-state index is -0.386. The maximum Gasteiger partial charge on any atom is 0.307 e. The third-order valence-electron chi connectivity index (χ3n) is 2.86. The van der Waals surface area contributed by atoms with Gasteiger partial charge in [0, 0.05) is 13.1 Å². The first-order chi connectivity index (χ1) is 8.47. The van der Waals surface area contributed by atoms with E-state index in [9.17, 15) is 4.79 Å². The van der Waals surface area contributed by atoms with Crippen molar-refractivity contribution in [1.82, 2.24) is 5.32 Å². The lowest BCUT2D eigenvalue weighted by Gasteiger charge is -2.19. The molecule has 0 atom stereocenters. The van der Waals surface area contributed by atoms with Crippen molar-refractivity contribution < 1.29 is 14.3 Å². The Labute approximate surface area is 110 Å². The smallest absolute Gasteiger partial charge is 0.307 e. The monoisotopic (exact) mass is 257 g/mol. The molecule has 0 unspecified atom stereocenters. The second-order valence-electron chi connectivity index (χ2n) is 5.86. The minimum Gasteiger partial charge on any atom is -0.460 e. The van der Waals surface area contributed by atoms with Crippen LogP contribution in [0.5, 0.6) is 0 Å². The standard InChI is InChI=1S/C14H27NO3/c1-14(2,3)18-13(16)8-9-15-10-11-17-12-6-4-5-7-12/h12,15H,4-11H2,1-3H3. The van der Waals surface area contributed by atoms with Crippen molar-refractivity contribution in [3.8, 4) is 0 Å². The molecule has 0 radical (unpaired) electrons. The molecular formula is C14H27NO3. The summed E-state index contributed by atoms with van der Waals surface area (Å²) in [5.41, 5.74) is -0.386. The summed E-state index contributed by atoms with van der Waals surface area (Å²) in [6.07, 6.45) is 5.90. The molecule has 0 aromatic carbocycles. The molecule has 1 aliphatic rings. The first kappa shape index (κ1) is 15.4. The quantitative estimate of drug-likeness (QED) is 0.561. The van der Waals surface area contributed by atoms with Crippen molar-refractivity contribution in [1.29, 1.82) is 0 Å². The average molecular weight is 257 g/mol. The van der Waals surface area contributed by atoms with Crippen molar-refractivity contribution >= 4 is 5.97 Å². The first-order valence-electron chi connectivity index (χ1n) is 7.01. The summed E-state index contributed by atoms with van der Waals surface area (Å²) in [6, 6.07) is 0. The summed E-state index contributed by atoms with van der Waals surface area (Å²) in [5, 5.41) is 3.20. The largest absolute Gasteiger partial charge is 0.460 e. The van der Waals surface area contributed by atoms with Gasteiger partial charge in [-0.15, -0.1) is 0 Å². The fourth-order valence-corrected chi connectivity index (χ4v) is 2.06. The van der Waals surface area contributed by atoms with Gasteiger partial charge in [-0.1, -0.05) is 12.8 Å². The fourth-order valence-electron chi connectivity index (χ4n) is 2.06. The normalized spacial score (nSPS) is 17.1. The van der Waals surface area contributed by atoms with E-state index in [-0.39, 0.29) is 11.6 Å². The Bertz CT molecular complexity index is 242. The summed E-state index contributed by atoms with van der Waals surface area (Å²) < 4.78 is 10.9. The molecule has 4 nitrogen and oxygen atoms in total. The predicted octanol–water partition coefficient (Wildman–Crippen LogP) is 2.27. The van der Waals surface area contributed by atoms with Gasteiger partial charge in [-0.25, -0.2) is 0 Å². The summed E-state index contributed by atoms with van der Waals surface area (Å²) >= 11 is 0. The van der Waals surface area contributed by atoms with Crippen LogP contribution in [-0.2, 0) is 14.3 Å². The van der Waals surface area contributed by atoms with Crippen LogP contribution >= 0.6 is 0 Å². The molecule has 1 N–H and O–H groups in total. The Morgan fingerprint density at radius 3 is 2.50 bits per heavy atom. The zero-order chi connectivity index (χ0) is 13.4. The Hall–Kier alpha value is -0.610. The lowest BCUT2D eigenvalue weighted by atomic mass is 10.2. The molecule has 0 saturated heterocycles. The van der Waals surface area contributed by atoms with Crippen LogP contribution in [0.1, 0.15) is 52.9 Å². The van der Waals surface area contributed by atoms with E-state index in [1.165, 1.54) is 25.7 Å². The number of carbonyl (C=O) groups excluding carboxylic acids is 1. The molecule has 0 aromatic heterocycles. The number of hydrogen-bond donors (Lipinski definition) is 1. The van der Waals surface area contributed by atoms with Gasteiger partial charge < -0.3 is 14.8 Å². The predicted molar refractivity (Wildman–Crippen MR) is 71.5 cm³/mol. The second kappa shape index (κ2) is 7.74. The number of esters is 1. The molecule has 4 heteroatoms. The number of hydrogen-bond acceptors (Lipinski definition) is 4. The van der Waals surface area contributed by atoms with E-state index in [4.69, 9.17) is 9.47 Å². The summed E-state index contributed by atoms with van der Waals surface area (Å²) in [5.74, 6) is -0.147. The van der Waals surface area contributed by atoms with Crippen LogP contribution in [0, 0.1) is 0 Å². The SMILES string of the molecule is CC(C)(C)OC(=O)CCNCCOC1CCCC1. The lowest BCUT2D eigenvalue weighted by Crippen LogP contribution is -2.28. The third kappa shape index (κ3) is 7.67. The van der Waals surface area contributed by atoms with Crippen molar-refractivity contribution in [3.05, 3.63) is 0 Å². The zero-order valence-corrected chi connectivity index (χ0v) is 12.0. The van der Waals surface area contributed by atoms with Crippen molar-refractivity contribution in [2.75, 3.05) is 19.7 Å². The summed E-state index contributed by atoms with van der Waals surface area (Å²) in [7, 11) is 0. The number of nitrogens with one attached hydrogen (secondary N) is 1. The van der Waals surface area contributed by atoms with E-state index in [1.807, 2.05) is 20.8 Å². The molecular weight excluding hydrogens is 230 g/mol. The van der Waals surface area contributed by atoms with Gasteiger partial charge in [-0.3, -0.25) is 4.79 Å². The summed E-state index contributed by atoms with van der Waals surface area (Å²) in [6.45, 7) is 7.84.